The van der Waals surface area contributed by atoms with Crippen molar-refractivity contribution in [3.05, 3.63) is 22.4 Å². The van der Waals surface area contributed by atoms with Crippen LogP contribution in [0.3, 0.4) is 0 Å². The van der Waals surface area contributed by atoms with Gasteiger partial charge < -0.3 is 10.6 Å². The second-order valence-corrected chi connectivity index (χ2v) is 7.12. The van der Waals surface area contributed by atoms with E-state index in [2.05, 4.69) is 18.4 Å². The summed E-state index contributed by atoms with van der Waals surface area (Å²) in [5.41, 5.74) is 6.04. The van der Waals surface area contributed by atoms with E-state index in [1.54, 1.807) is 11.3 Å². The van der Waals surface area contributed by atoms with E-state index >= 15 is 0 Å². The first-order chi connectivity index (χ1) is 9.58. The van der Waals surface area contributed by atoms with Crippen LogP contribution in [0.2, 0.25) is 0 Å². The van der Waals surface area contributed by atoms with E-state index in [-0.39, 0.29) is 29.8 Å². The van der Waals surface area contributed by atoms with Crippen LogP contribution in [0.4, 0.5) is 0 Å². The van der Waals surface area contributed by atoms with Gasteiger partial charge in [0.25, 0.3) is 0 Å². The molecule has 1 atom stereocenters. The summed E-state index contributed by atoms with van der Waals surface area (Å²) >= 11 is 1.71. The van der Waals surface area contributed by atoms with Crippen molar-refractivity contribution in [2.45, 2.75) is 51.5 Å². The van der Waals surface area contributed by atoms with Gasteiger partial charge in [-0.25, -0.2) is 0 Å². The molecule has 3 nitrogen and oxygen atoms in total. The Morgan fingerprint density at radius 3 is 2.62 bits per heavy atom. The molecule has 0 radical (unpaired) electrons. The van der Waals surface area contributed by atoms with Crippen LogP contribution in [0.5, 0.6) is 0 Å². The van der Waals surface area contributed by atoms with Crippen LogP contribution >= 0.6 is 23.7 Å². The van der Waals surface area contributed by atoms with Crippen LogP contribution in [0.25, 0.3) is 0 Å². The fourth-order valence-electron chi connectivity index (χ4n) is 3.14. The highest BCUT2D eigenvalue weighted by Gasteiger charge is 2.34. The molecule has 2 N–H and O–H groups in total. The van der Waals surface area contributed by atoms with E-state index in [4.69, 9.17) is 5.73 Å². The number of halogens is 1. The number of nitrogens with zero attached hydrogens (tertiary/aromatic N) is 1. The van der Waals surface area contributed by atoms with Gasteiger partial charge in [-0.05, 0) is 43.2 Å². The largest absolute Gasteiger partial charge is 0.338 e. The van der Waals surface area contributed by atoms with Crippen LogP contribution in [-0.4, -0.2) is 24.4 Å². The molecule has 0 aromatic carbocycles. The molecule has 1 amide bonds. The van der Waals surface area contributed by atoms with Gasteiger partial charge in [0.1, 0.15) is 0 Å². The summed E-state index contributed by atoms with van der Waals surface area (Å²) in [6.07, 6.45) is 6.55. The maximum absolute atomic E-state index is 12.6. The highest BCUT2D eigenvalue weighted by Crippen LogP contribution is 2.39. The molecule has 1 saturated carbocycles. The first kappa shape index (κ1) is 18.5. The summed E-state index contributed by atoms with van der Waals surface area (Å²) in [7, 11) is 1.92. The molecule has 1 aliphatic carbocycles. The van der Waals surface area contributed by atoms with Gasteiger partial charge in [0, 0.05) is 18.3 Å². The lowest BCUT2D eigenvalue weighted by atomic mass is 9.71. The van der Waals surface area contributed by atoms with Crippen LogP contribution in [0.1, 0.15) is 56.4 Å². The number of hydrogen-bond acceptors (Lipinski definition) is 3. The predicted octanol–water partition coefficient (Wildman–Crippen LogP) is 3.99. The summed E-state index contributed by atoms with van der Waals surface area (Å²) < 4.78 is 0. The van der Waals surface area contributed by atoms with Crippen LogP contribution in [-0.2, 0) is 4.79 Å². The molecule has 1 aromatic heterocycles. The molecule has 1 aromatic rings. The third-order valence-corrected chi connectivity index (χ3v) is 5.85. The van der Waals surface area contributed by atoms with Gasteiger partial charge in [-0.1, -0.05) is 25.3 Å². The molecule has 2 rings (SSSR count). The molecular weight excluding hydrogens is 304 g/mol. The van der Waals surface area contributed by atoms with Crippen LogP contribution < -0.4 is 5.73 Å². The Balaban J connectivity index is 0.00000220. The fraction of sp³-hybridized carbons (Fsp3) is 0.688. The van der Waals surface area contributed by atoms with Crippen LogP contribution in [0, 0.1) is 5.41 Å². The molecule has 120 valence electrons. The molecule has 0 saturated heterocycles. The van der Waals surface area contributed by atoms with Gasteiger partial charge >= 0.3 is 0 Å². The highest BCUT2D eigenvalue weighted by atomic mass is 35.5. The summed E-state index contributed by atoms with van der Waals surface area (Å²) in [6, 6.07) is 4.29. The quantitative estimate of drug-likeness (QED) is 0.887. The summed E-state index contributed by atoms with van der Waals surface area (Å²) in [5.74, 6) is 0.234. The number of nitrogens with two attached hydrogens (primary N) is 1. The third kappa shape index (κ3) is 4.44. The Bertz CT molecular complexity index is 429. The van der Waals surface area contributed by atoms with Crippen molar-refractivity contribution in [1.82, 2.24) is 4.90 Å². The summed E-state index contributed by atoms with van der Waals surface area (Å²) in [6.45, 7) is 2.74. The average Bonchev–Trinajstić information content (AvgIpc) is 3.00. The van der Waals surface area contributed by atoms with Gasteiger partial charge in [-0.3, -0.25) is 4.79 Å². The minimum Gasteiger partial charge on any atom is -0.338 e. The average molecular weight is 331 g/mol. The maximum atomic E-state index is 12.6. The normalized spacial score (nSPS) is 18.6. The SMILES string of the molecule is CC(c1cccs1)N(C)C(=O)CC1(CN)CCCCC1.Cl. The predicted molar refractivity (Wildman–Crippen MR) is 91.9 cm³/mol. The van der Waals surface area contributed by atoms with Crippen molar-refractivity contribution in [2.75, 3.05) is 13.6 Å². The Kier molecular flexibility index (Phi) is 7.17. The second kappa shape index (κ2) is 8.16. The van der Waals surface area contributed by atoms with E-state index in [9.17, 15) is 4.79 Å². The fourth-order valence-corrected chi connectivity index (χ4v) is 3.96. The monoisotopic (exact) mass is 330 g/mol. The van der Waals surface area contributed by atoms with Gasteiger partial charge in [0.2, 0.25) is 5.91 Å². The van der Waals surface area contributed by atoms with Crippen molar-refractivity contribution in [1.29, 1.82) is 0 Å². The Labute approximate surface area is 138 Å². The van der Waals surface area contributed by atoms with Crippen molar-refractivity contribution in [2.24, 2.45) is 11.1 Å². The van der Waals surface area contributed by atoms with E-state index in [1.165, 1.54) is 24.1 Å². The minimum atomic E-state index is 0. The second-order valence-electron chi connectivity index (χ2n) is 6.14. The van der Waals surface area contributed by atoms with E-state index in [0.29, 0.717) is 13.0 Å². The molecule has 1 heterocycles. The molecule has 21 heavy (non-hydrogen) atoms. The third-order valence-electron chi connectivity index (χ3n) is 4.80. The number of carbonyl (C=O) groups excluding carboxylic acids is 1. The number of thiophene rings is 1. The standard InChI is InChI=1S/C16H26N2OS.ClH/c1-13(14-7-6-10-20-14)18(2)15(19)11-16(12-17)8-4-3-5-9-16;/h6-7,10,13H,3-5,8-9,11-12,17H2,1-2H3;1H. The van der Waals surface area contributed by atoms with Gasteiger partial charge in [0.05, 0.1) is 6.04 Å². The Morgan fingerprint density at radius 1 is 1.43 bits per heavy atom. The molecule has 0 spiro atoms. The molecule has 1 fully saturated rings. The number of amides is 1. The van der Waals surface area contributed by atoms with Crippen molar-refractivity contribution >= 4 is 29.7 Å². The van der Waals surface area contributed by atoms with Crippen LogP contribution in [0.15, 0.2) is 17.5 Å². The Hall–Kier alpha value is -0.580. The first-order valence-corrected chi connectivity index (χ1v) is 8.45. The minimum absolute atomic E-state index is 0. The van der Waals surface area contributed by atoms with E-state index in [0.717, 1.165) is 12.8 Å². The maximum Gasteiger partial charge on any atom is 0.223 e. The molecule has 1 unspecified atom stereocenters. The topological polar surface area (TPSA) is 46.3 Å². The van der Waals surface area contributed by atoms with E-state index < -0.39 is 0 Å². The van der Waals surface area contributed by atoms with Gasteiger partial charge in [0.15, 0.2) is 0 Å². The van der Waals surface area contributed by atoms with Gasteiger partial charge in [-0.2, -0.15) is 0 Å². The van der Waals surface area contributed by atoms with Crippen molar-refractivity contribution < 1.29 is 4.79 Å². The molecule has 0 bridgehead atoms. The summed E-state index contributed by atoms with van der Waals surface area (Å²) in [5, 5.41) is 2.06. The lowest BCUT2D eigenvalue weighted by Gasteiger charge is -2.37. The van der Waals surface area contributed by atoms with E-state index in [1.807, 2.05) is 18.0 Å². The zero-order valence-electron chi connectivity index (χ0n) is 13.0. The first-order valence-electron chi connectivity index (χ1n) is 7.57. The smallest absolute Gasteiger partial charge is 0.223 e. The zero-order chi connectivity index (χ0) is 14.6. The number of rotatable bonds is 5. The lowest BCUT2D eigenvalue weighted by Crippen LogP contribution is -2.39. The number of carbonyl (C=O) groups is 1. The molecule has 0 aliphatic heterocycles. The van der Waals surface area contributed by atoms with Crippen molar-refractivity contribution in [3.63, 3.8) is 0 Å². The van der Waals surface area contributed by atoms with Gasteiger partial charge in [-0.15, -0.1) is 23.7 Å². The van der Waals surface area contributed by atoms with Crippen molar-refractivity contribution in [3.8, 4) is 0 Å². The number of hydrogen-bond donors (Lipinski definition) is 1. The molecular formula is C16H27ClN2OS. The lowest BCUT2D eigenvalue weighted by molar-refractivity contribution is -0.134. The summed E-state index contributed by atoms with van der Waals surface area (Å²) in [4.78, 5) is 15.7. The zero-order valence-corrected chi connectivity index (χ0v) is 14.6. The Morgan fingerprint density at radius 2 is 2.10 bits per heavy atom. The molecule has 5 heteroatoms. The molecule has 1 aliphatic rings. The highest BCUT2D eigenvalue weighted by molar-refractivity contribution is 7.10.